The third-order valence-corrected chi connectivity index (χ3v) is 5.23. The molecule has 0 saturated carbocycles. The molecule has 9 heteroatoms. The number of carbonyl (C=O) groups is 1. The molecule has 0 spiro atoms. The second-order valence-electron chi connectivity index (χ2n) is 6.28. The first-order valence-corrected chi connectivity index (χ1v) is 9.06. The molecule has 1 unspecified atom stereocenters. The maximum Gasteiger partial charge on any atom is 0.248 e. The maximum absolute atomic E-state index is 14.6. The van der Waals surface area contributed by atoms with Gasteiger partial charge in [-0.3, -0.25) is 4.79 Å². The third kappa shape index (κ3) is 3.02. The number of nitrogens with zero attached hydrogens (tertiary/aromatic N) is 3. The van der Waals surface area contributed by atoms with Gasteiger partial charge in [0.1, 0.15) is 11.9 Å². The molecule has 6 nitrogen and oxygen atoms in total. The number of hydrogen-bond donors (Lipinski definition) is 2. The molecule has 28 heavy (non-hydrogen) atoms. The van der Waals surface area contributed by atoms with Crippen LogP contribution in [0.4, 0.5) is 10.3 Å². The van der Waals surface area contributed by atoms with Crippen molar-refractivity contribution in [3.8, 4) is 11.4 Å². The van der Waals surface area contributed by atoms with Crippen LogP contribution < -0.4 is 11.1 Å². The molecule has 3 N–H and O–H groups in total. The monoisotopic (exact) mass is 417 g/mol. The molecular weight excluding hydrogens is 404 g/mol. The van der Waals surface area contributed by atoms with Crippen LogP contribution in [-0.2, 0) is 4.79 Å². The van der Waals surface area contributed by atoms with Crippen LogP contribution in [0.15, 0.2) is 53.7 Å². The van der Waals surface area contributed by atoms with Gasteiger partial charge in [0.25, 0.3) is 0 Å². The molecule has 3 aromatic rings. The zero-order valence-electron chi connectivity index (χ0n) is 14.6. The summed E-state index contributed by atoms with van der Waals surface area (Å²) in [5.41, 5.74) is 7.19. The number of anilines is 1. The number of amides is 1. The van der Waals surface area contributed by atoms with Crippen LogP contribution in [-0.4, -0.2) is 20.7 Å². The number of fused-ring (bicyclic) bond motifs is 1. The minimum Gasteiger partial charge on any atom is -0.366 e. The van der Waals surface area contributed by atoms with Crippen molar-refractivity contribution in [1.29, 1.82) is 0 Å². The van der Waals surface area contributed by atoms with Gasteiger partial charge in [-0.25, -0.2) is 9.07 Å². The number of allylic oxidation sites excluding steroid dienone is 1. The molecule has 2 aromatic carbocycles. The number of nitrogens with two attached hydrogens (primary N) is 1. The Balaban J connectivity index is 1.90. The van der Waals surface area contributed by atoms with E-state index in [-0.39, 0.29) is 11.1 Å². The van der Waals surface area contributed by atoms with E-state index in [1.165, 1.54) is 10.7 Å². The predicted octanol–water partition coefficient (Wildman–Crippen LogP) is 4.17. The summed E-state index contributed by atoms with van der Waals surface area (Å²) in [6.07, 6.45) is 0. The fourth-order valence-electron chi connectivity index (χ4n) is 3.21. The van der Waals surface area contributed by atoms with Crippen molar-refractivity contribution in [3.63, 3.8) is 0 Å². The molecule has 1 aliphatic rings. The van der Waals surface area contributed by atoms with Crippen LogP contribution in [0.2, 0.25) is 10.0 Å². The third-order valence-electron chi connectivity index (χ3n) is 4.50. The number of halogens is 3. The molecule has 0 saturated heterocycles. The van der Waals surface area contributed by atoms with Crippen molar-refractivity contribution in [1.82, 2.24) is 14.8 Å². The second kappa shape index (κ2) is 6.92. The lowest BCUT2D eigenvalue weighted by Gasteiger charge is -2.27. The molecule has 1 atom stereocenters. The first kappa shape index (κ1) is 18.5. The Labute approximate surface area is 169 Å². The van der Waals surface area contributed by atoms with Gasteiger partial charge >= 0.3 is 0 Å². The molecule has 1 aromatic heterocycles. The average molecular weight is 418 g/mol. The van der Waals surface area contributed by atoms with E-state index in [1.54, 1.807) is 43.3 Å². The first-order valence-electron chi connectivity index (χ1n) is 8.31. The first-order chi connectivity index (χ1) is 13.4. The highest BCUT2D eigenvalue weighted by molar-refractivity contribution is 6.42. The summed E-state index contributed by atoms with van der Waals surface area (Å²) in [5.74, 6) is -0.438. The average Bonchev–Trinajstić information content (AvgIpc) is 3.06. The number of primary amides is 1. The van der Waals surface area contributed by atoms with Gasteiger partial charge in [-0.2, -0.15) is 4.98 Å². The normalized spacial score (nSPS) is 15.9. The summed E-state index contributed by atoms with van der Waals surface area (Å²) < 4.78 is 16.0. The lowest BCUT2D eigenvalue weighted by Crippen LogP contribution is -2.32. The number of hydrogen-bond acceptors (Lipinski definition) is 4. The summed E-state index contributed by atoms with van der Waals surface area (Å²) in [4.78, 5) is 16.6. The van der Waals surface area contributed by atoms with Gasteiger partial charge in [0.05, 0.1) is 15.6 Å². The number of rotatable bonds is 3. The van der Waals surface area contributed by atoms with Crippen LogP contribution in [0.5, 0.6) is 0 Å². The van der Waals surface area contributed by atoms with Gasteiger partial charge in [-0.15, -0.1) is 5.10 Å². The van der Waals surface area contributed by atoms with Crippen LogP contribution in [0.25, 0.3) is 11.4 Å². The van der Waals surface area contributed by atoms with E-state index in [1.807, 2.05) is 0 Å². The van der Waals surface area contributed by atoms with Crippen LogP contribution in [0.1, 0.15) is 18.5 Å². The minimum absolute atomic E-state index is 0.211. The summed E-state index contributed by atoms with van der Waals surface area (Å²) in [6.45, 7) is 1.69. The SMILES string of the molecule is CC1=C(C(N)=O)C(c2ccccc2F)n2nc(-c3ccc(Cl)c(Cl)c3)nc2N1. The lowest BCUT2D eigenvalue weighted by molar-refractivity contribution is -0.115. The summed E-state index contributed by atoms with van der Waals surface area (Å²) in [7, 11) is 0. The summed E-state index contributed by atoms with van der Waals surface area (Å²) in [5, 5.41) is 8.27. The van der Waals surface area contributed by atoms with E-state index in [9.17, 15) is 9.18 Å². The Bertz CT molecular complexity index is 1140. The van der Waals surface area contributed by atoms with Gasteiger partial charge in [0.2, 0.25) is 11.9 Å². The van der Waals surface area contributed by atoms with E-state index in [0.29, 0.717) is 33.1 Å². The van der Waals surface area contributed by atoms with Crippen molar-refractivity contribution in [2.45, 2.75) is 13.0 Å². The molecule has 0 fully saturated rings. The maximum atomic E-state index is 14.6. The summed E-state index contributed by atoms with van der Waals surface area (Å²) >= 11 is 12.1. The standard InChI is InChI=1S/C19H14Cl2FN5O/c1-9-15(17(23)28)16(11-4-2-3-5-14(11)22)27-19(24-9)25-18(26-27)10-6-7-12(20)13(21)8-10/h2-8,16H,1H3,(H2,23,28)(H,24,25,26). The van der Waals surface area contributed by atoms with Crippen molar-refractivity contribution < 1.29 is 9.18 Å². The molecule has 142 valence electrons. The summed E-state index contributed by atoms with van der Waals surface area (Å²) in [6, 6.07) is 10.3. The highest BCUT2D eigenvalue weighted by atomic mass is 35.5. The molecule has 4 rings (SSSR count). The molecule has 1 amide bonds. The van der Waals surface area contributed by atoms with Crippen LogP contribution in [0, 0.1) is 5.82 Å². The largest absolute Gasteiger partial charge is 0.366 e. The number of carbonyl (C=O) groups excluding carboxylic acids is 1. The van der Waals surface area contributed by atoms with Crippen molar-refractivity contribution in [2.75, 3.05) is 5.32 Å². The number of benzene rings is 2. The smallest absolute Gasteiger partial charge is 0.248 e. The molecule has 0 radical (unpaired) electrons. The van der Waals surface area contributed by atoms with E-state index >= 15 is 0 Å². The Morgan fingerprint density at radius 2 is 1.96 bits per heavy atom. The van der Waals surface area contributed by atoms with Crippen LogP contribution in [0.3, 0.4) is 0 Å². The van der Waals surface area contributed by atoms with Crippen molar-refractivity contribution in [3.05, 3.63) is 75.2 Å². The van der Waals surface area contributed by atoms with Crippen LogP contribution >= 0.6 is 23.2 Å². The van der Waals surface area contributed by atoms with Gasteiger partial charge in [-0.05, 0) is 31.2 Å². The van der Waals surface area contributed by atoms with E-state index < -0.39 is 17.8 Å². The van der Waals surface area contributed by atoms with E-state index in [2.05, 4.69) is 15.4 Å². The fraction of sp³-hybridized carbons (Fsp3) is 0.105. The van der Waals surface area contributed by atoms with Gasteiger partial charge in [0, 0.05) is 16.8 Å². The quantitative estimate of drug-likeness (QED) is 0.669. The lowest BCUT2D eigenvalue weighted by atomic mass is 9.95. The molecule has 2 heterocycles. The van der Waals surface area contributed by atoms with Crippen molar-refractivity contribution in [2.24, 2.45) is 5.73 Å². The van der Waals surface area contributed by atoms with E-state index in [4.69, 9.17) is 28.9 Å². The fourth-order valence-corrected chi connectivity index (χ4v) is 3.51. The number of nitrogens with one attached hydrogen (secondary N) is 1. The molecule has 0 bridgehead atoms. The Hall–Kier alpha value is -2.90. The van der Waals surface area contributed by atoms with Gasteiger partial charge in [0.15, 0.2) is 5.82 Å². The topological polar surface area (TPSA) is 85.8 Å². The highest BCUT2D eigenvalue weighted by Gasteiger charge is 2.34. The highest BCUT2D eigenvalue weighted by Crippen LogP contribution is 2.37. The zero-order chi connectivity index (χ0) is 20.0. The molecular formula is C19H14Cl2FN5O. The molecule has 1 aliphatic heterocycles. The second-order valence-corrected chi connectivity index (χ2v) is 7.10. The van der Waals surface area contributed by atoms with E-state index in [0.717, 1.165) is 0 Å². The number of aromatic nitrogens is 3. The Kier molecular flexibility index (Phi) is 4.56. The minimum atomic E-state index is -0.848. The Morgan fingerprint density at radius 3 is 2.64 bits per heavy atom. The van der Waals surface area contributed by atoms with Gasteiger partial charge < -0.3 is 11.1 Å². The van der Waals surface area contributed by atoms with Gasteiger partial charge in [-0.1, -0.05) is 41.4 Å². The zero-order valence-corrected chi connectivity index (χ0v) is 16.1. The Morgan fingerprint density at radius 1 is 1.21 bits per heavy atom. The van der Waals surface area contributed by atoms with Crippen molar-refractivity contribution >= 4 is 35.1 Å². The molecule has 0 aliphatic carbocycles. The predicted molar refractivity (Wildman–Crippen MR) is 106 cm³/mol.